The van der Waals surface area contributed by atoms with Crippen LogP contribution in [0.3, 0.4) is 0 Å². The van der Waals surface area contributed by atoms with Gasteiger partial charge in [-0.3, -0.25) is 9.89 Å². The summed E-state index contributed by atoms with van der Waals surface area (Å²) in [5.41, 5.74) is 0.864. The number of hydrogen-bond donors (Lipinski definition) is 2. The molecule has 0 saturated heterocycles. The number of nitrogens with one attached hydrogen (secondary N) is 2. The number of hydrogen-bond acceptors (Lipinski definition) is 3. The Morgan fingerprint density at radius 2 is 2.09 bits per heavy atom. The van der Waals surface area contributed by atoms with E-state index in [1.165, 1.54) is 12.1 Å². The summed E-state index contributed by atoms with van der Waals surface area (Å²) in [6, 6.07) is 10.4. The number of likely N-dealkylation sites (N-methyl/N-ethyl adjacent to an activating group) is 1. The summed E-state index contributed by atoms with van der Waals surface area (Å²) in [4.78, 5) is 6.26. The highest BCUT2D eigenvalue weighted by Gasteiger charge is 2.17. The fourth-order valence-corrected chi connectivity index (χ4v) is 2.27. The third-order valence-corrected chi connectivity index (χ3v) is 3.53. The third-order valence-electron chi connectivity index (χ3n) is 3.53. The van der Waals surface area contributed by atoms with E-state index in [1.54, 1.807) is 19.4 Å². The van der Waals surface area contributed by atoms with Crippen LogP contribution >= 0.6 is 0 Å². The first kappa shape index (κ1) is 17.0. The predicted octanol–water partition coefficient (Wildman–Crippen LogP) is 2.39. The molecular weight excluding hydrogens is 295 g/mol. The highest BCUT2D eigenvalue weighted by atomic mass is 19.1. The Morgan fingerprint density at radius 1 is 1.26 bits per heavy atom. The lowest BCUT2D eigenvalue weighted by atomic mass is 10.2. The van der Waals surface area contributed by atoms with Gasteiger partial charge in [0.25, 0.3) is 0 Å². The summed E-state index contributed by atoms with van der Waals surface area (Å²) in [5.74, 6) is 1.31. The maximum absolute atomic E-state index is 13.2. The summed E-state index contributed by atoms with van der Waals surface area (Å²) in [7, 11) is 5.70. The van der Waals surface area contributed by atoms with E-state index in [0.717, 1.165) is 11.3 Å². The number of nitrogens with zero attached hydrogens (tertiary/aromatic N) is 2. The van der Waals surface area contributed by atoms with Crippen LogP contribution in [0.5, 0.6) is 0 Å². The molecule has 0 amide bonds. The van der Waals surface area contributed by atoms with E-state index < -0.39 is 0 Å². The first-order valence-corrected chi connectivity index (χ1v) is 7.49. The molecule has 2 aromatic rings. The molecule has 2 N–H and O–H groups in total. The Balaban J connectivity index is 1.89. The zero-order valence-corrected chi connectivity index (χ0v) is 13.7. The Bertz CT molecular complexity index is 625. The Hall–Kier alpha value is -2.34. The van der Waals surface area contributed by atoms with Gasteiger partial charge < -0.3 is 15.1 Å². The van der Waals surface area contributed by atoms with Crippen molar-refractivity contribution in [2.45, 2.75) is 12.6 Å². The van der Waals surface area contributed by atoms with Gasteiger partial charge in [-0.05, 0) is 43.9 Å². The minimum absolute atomic E-state index is 0.0951. The minimum Gasteiger partial charge on any atom is -0.468 e. The van der Waals surface area contributed by atoms with Gasteiger partial charge in [-0.2, -0.15) is 0 Å². The van der Waals surface area contributed by atoms with Crippen LogP contribution < -0.4 is 10.6 Å². The smallest absolute Gasteiger partial charge is 0.191 e. The molecule has 6 heteroatoms. The Morgan fingerprint density at radius 3 is 2.70 bits per heavy atom. The fraction of sp³-hybridized carbons (Fsp3) is 0.353. The average molecular weight is 318 g/mol. The third kappa shape index (κ3) is 5.10. The lowest BCUT2D eigenvalue weighted by Gasteiger charge is -2.23. The van der Waals surface area contributed by atoms with Crippen molar-refractivity contribution in [2.75, 3.05) is 27.7 Å². The van der Waals surface area contributed by atoms with Crippen molar-refractivity contribution < 1.29 is 8.81 Å². The van der Waals surface area contributed by atoms with Crippen LogP contribution in [0.15, 0.2) is 52.1 Å². The molecule has 0 bridgehead atoms. The van der Waals surface area contributed by atoms with Crippen molar-refractivity contribution in [3.05, 3.63) is 59.8 Å². The highest BCUT2D eigenvalue weighted by molar-refractivity contribution is 5.79. The molecule has 0 fully saturated rings. The maximum Gasteiger partial charge on any atom is 0.191 e. The second-order valence-electron chi connectivity index (χ2n) is 5.43. The average Bonchev–Trinajstić information content (AvgIpc) is 3.04. The van der Waals surface area contributed by atoms with Gasteiger partial charge in [0, 0.05) is 20.1 Å². The van der Waals surface area contributed by atoms with Gasteiger partial charge in [-0.25, -0.2) is 4.39 Å². The summed E-state index contributed by atoms with van der Waals surface area (Å²) in [5, 5.41) is 6.44. The van der Waals surface area contributed by atoms with Gasteiger partial charge in [-0.1, -0.05) is 12.1 Å². The largest absolute Gasteiger partial charge is 0.468 e. The van der Waals surface area contributed by atoms with E-state index in [4.69, 9.17) is 4.42 Å². The first-order valence-electron chi connectivity index (χ1n) is 7.49. The van der Waals surface area contributed by atoms with Crippen molar-refractivity contribution in [3.63, 3.8) is 0 Å². The predicted molar refractivity (Wildman–Crippen MR) is 89.7 cm³/mol. The zero-order chi connectivity index (χ0) is 16.7. The van der Waals surface area contributed by atoms with Crippen LogP contribution in [0.25, 0.3) is 0 Å². The fourth-order valence-electron chi connectivity index (χ4n) is 2.27. The Labute approximate surface area is 136 Å². The lowest BCUT2D eigenvalue weighted by Crippen LogP contribution is -2.41. The summed E-state index contributed by atoms with van der Waals surface area (Å²) in [6.45, 7) is 1.15. The molecule has 1 atom stereocenters. The van der Waals surface area contributed by atoms with E-state index in [1.807, 2.05) is 32.3 Å². The zero-order valence-electron chi connectivity index (χ0n) is 13.7. The van der Waals surface area contributed by atoms with E-state index >= 15 is 0 Å². The van der Waals surface area contributed by atoms with Crippen LogP contribution in [-0.2, 0) is 6.54 Å². The number of aliphatic imine (C=N–C) groups is 1. The topological polar surface area (TPSA) is 52.8 Å². The second kappa shape index (κ2) is 8.33. The molecule has 124 valence electrons. The van der Waals surface area contributed by atoms with Crippen LogP contribution in [-0.4, -0.2) is 38.5 Å². The van der Waals surface area contributed by atoms with Gasteiger partial charge in [0.05, 0.1) is 12.3 Å². The second-order valence-corrected chi connectivity index (χ2v) is 5.43. The van der Waals surface area contributed by atoms with E-state index in [9.17, 15) is 4.39 Å². The lowest BCUT2D eigenvalue weighted by molar-refractivity contribution is 0.258. The summed E-state index contributed by atoms with van der Waals surface area (Å²) >= 11 is 0. The molecular formula is C17H23FN4O. The van der Waals surface area contributed by atoms with E-state index in [2.05, 4.69) is 20.5 Å². The minimum atomic E-state index is -0.238. The molecule has 1 heterocycles. The van der Waals surface area contributed by atoms with Crippen molar-refractivity contribution in [3.8, 4) is 0 Å². The van der Waals surface area contributed by atoms with Crippen LogP contribution in [0, 0.1) is 5.82 Å². The van der Waals surface area contributed by atoms with E-state index in [0.29, 0.717) is 19.0 Å². The first-order chi connectivity index (χ1) is 11.1. The van der Waals surface area contributed by atoms with Gasteiger partial charge in [0.1, 0.15) is 11.6 Å². The molecule has 1 aromatic carbocycles. The Kier molecular flexibility index (Phi) is 6.17. The maximum atomic E-state index is 13.2. The van der Waals surface area contributed by atoms with Gasteiger partial charge in [0.15, 0.2) is 5.96 Å². The monoisotopic (exact) mass is 318 g/mol. The van der Waals surface area contributed by atoms with Crippen molar-refractivity contribution in [1.29, 1.82) is 0 Å². The highest BCUT2D eigenvalue weighted by Crippen LogP contribution is 2.17. The van der Waals surface area contributed by atoms with Crippen LogP contribution in [0.2, 0.25) is 0 Å². The molecule has 1 aromatic heterocycles. The molecule has 0 radical (unpaired) electrons. The molecule has 23 heavy (non-hydrogen) atoms. The number of rotatable bonds is 6. The van der Waals surface area contributed by atoms with Crippen molar-refractivity contribution >= 4 is 5.96 Å². The van der Waals surface area contributed by atoms with Crippen LogP contribution in [0.1, 0.15) is 17.4 Å². The molecule has 0 spiro atoms. The SMILES string of the molecule is CN=C(NCc1cccc(F)c1)NCC(c1ccco1)N(C)C. The quantitative estimate of drug-likeness (QED) is 0.634. The molecule has 0 saturated carbocycles. The van der Waals surface area contributed by atoms with Crippen LogP contribution in [0.4, 0.5) is 4.39 Å². The van der Waals surface area contributed by atoms with Crippen molar-refractivity contribution in [1.82, 2.24) is 15.5 Å². The summed E-state index contributed by atoms with van der Waals surface area (Å²) in [6.07, 6.45) is 1.67. The van der Waals surface area contributed by atoms with Crippen molar-refractivity contribution in [2.24, 2.45) is 4.99 Å². The molecule has 0 aliphatic carbocycles. The van der Waals surface area contributed by atoms with Gasteiger partial charge >= 0.3 is 0 Å². The summed E-state index contributed by atoms with van der Waals surface area (Å²) < 4.78 is 18.7. The normalized spacial score (nSPS) is 13.2. The molecule has 0 aliphatic rings. The van der Waals surface area contributed by atoms with Gasteiger partial charge in [-0.15, -0.1) is 0 Å². The number of guanidine groups is 1. The number of benzene rings is 1. The molecule has 2 rings (SSSR count). The molecule has 5 nitrogen and oxygen atoms in total. The number of halogens is 1. The number of furan rings is 1. The van der Waals surface area contributed by atoms with E-state index in [-0.39, 0.29) is 11.9 Å². The molecule has 0 aliphatic heterocycles. The molecule has 1 unspecified atom stereocenters. The van der Waals surface area contributed by atoms with Gasteiger partial charge in [0.2, 0.25) is 0 Å². The standard InChI is InChI=1S/C17H23FN4O/c1-19-17(20-11-13-6-4-7-14(18)10-13)21-12-15(22(2)3)16-8-5-9-23-16/h4-10,15H,11-12H2,1-3H3,(H2,19,20,21).